The standard InChI is InChI=1S/C15H22BrN3OS/c1-12-3-4-14(13(16)11-12)18-15(21)17-5-2-6-19-7-9-20-10-8-19/h3-4,11H,2,5-10H2,1H3,(H2,17,18,21). The first kappa shape index (κ1) is 16.7. The van der Waals surface area contributed by atoms with E-state index in [1.807, 2.05) is 6.07 Å². The van der Waals surface area contributed by atoms with Crippen LogP contribution < -0.4 is 10.6 Å². The van der Waals surface area contributed by atoms with Gasteiger partial charge < -0.3 is 15.4 Å². The SMILES string of the molecule is Cc1ccc(NC(=S)NCCCN2CCOCC2)c(Br)c1. The summed E-state index contributed by atoms with van der Waals surface area (Å²) in [7, 11) is 0. The zero-order chi connectivity index (χ0) is 15.1. The van der Waals surface area contributed by atoms with E-state index in [-0.39, 0.29) is 0 Å². The highest BCUT2D eigenvalue weighted by Crippen LogP contribution is 2.23. The summed E-state index contributed by atoms with van der Waals surface area (Å²) < 4.78 is 6.37. The average molecular weight is 372 g/mol. The van der Waals surface area contributed by atoms with E-state index in [2.05, 4.69) is 50.5 Å². The highest BCUT2D eigenvalue weighted by molar-refractivity contribution is 9.10. The molecule has 0 aromatic heterocycles. The molecule has 1 fully saturated rings. The lowest BCUT2D eigenvalue weighted by molar-refractivity contribution is 0.0376. The van der Waals surface area contributed by atoms with Gasteiger partial charge in [-0.05, 0) is 65.7 Å². The van der Waals surface area contributed by atoms with Crippen LogP contribution in [0.2, 0.25) is 0 Å². The number of hydrogen-bond donors (Lipinski definition) is 2. The summed E-state index contributed by atoms with van der Waals surface area (Å²) in [5.74, 6) is 0. The van der Waals surface area contributed by atoms with E-state index in [1.165, 1.54) is 5.56 Å². The molecule has 1 aliphatic heterocycles. The first-order chi connectivity index (χ1) is 10.1. The topological polar surface area (TPSA) is 36.5 Å². The Labute approximate surface area is 140 Å². The minimum Gasteiger partial charge on any atom is -0.379 e. The molecular weight excluding hydrogens is 350 g/mol. The summed E-state index contributed by atoms with van der Waals surface area (Å²) in [6.07, 6.45) is 1.08. The lowest BCUT2D eigenvalue weighted by atomic mass is 10.2. The van der Waals surface area contributed by atoms with Crippen LogP contribution in [0.25, 0.3) is 0 Å². The molecule has 2 rings (SSSR count). The van der Waals surface area contributed by atoms with Crippen molar-refractivity contribution in [3.8, 4) is 0 Å². The molecular formula is C15H22BrN3OS. The number of ether oxygens (including phenoxy) is 1. The van der Waals surface area contributed by atoms with Gasteiger partial charge in [-0.1, -0.05) is 6.07 Å². The van der Waals surface area contributed by atoms with E-state index in [0.717, 1.165) is 56.0 Å². The van der Waals surface area contributed by atoms with Gasteiger partial charge >= 0.3 is 0 Å². The molecule has 0 amide bonds. The first-order valence-electron chi connectivity index (χ1n) is 7.26. The number of rotatable bonds is 5. The highest BCUT2D eigenvalue weighted by Gasteiger charge is 2.09. The van der Waals surface area contributed by atoms with Gasteiger partial charge in [-0.3, -0.25) is 4.90 Å². The molecule has 0 radical (unpaired) electrons. The molecule has 1 aliphatic rings. The number of hydrogen-bond acceptors (Lipinski definition) is 3. The van der Waals surface area contributed by atoms with Crippen molar-refractivity contribution in [2.75, 3.05) is 44.7 Å². The van der Waals surface area contributed by atoms with Crippen molar-refractivity contribution in [1.82, 2.24) is 10.2 Å². The summed E-state index contributed by atoms with van der Waals surface area (Å²) in [4.78, 5) is 2.43. The van der Waals surface area contributed by atoms with Crippen molar-refractivity contribution in [1.29, 1.82) is 0 Å². The Hall–Kier alpha value is -0.690. The second-order valence-electron chi connectivity index (χ2n) is 5.17. The van der Waals surface area contributed by atoms with E-state index in [4.69, 9.17) is 17.0 Å². The van der Waals surface area contributed by atoms with Gasteiger partial charge in [0.05, 0.1) is 18.9 Å². The van der Waals surface area contributed by atoms with Gasteiger partial charge in [0.2, 0.25) is 0 Å². The Balaban J connectivity index is 1.65. The van der Waals surface area contributed by atoms with Gasteiger partial charge in [-0.15, -0.1) is 0 Å². The lowest BCUT2D eigenvalue weighted by Crippen LogP contribution is -2.38. The predicted octanol–water partition coefficient (Wildman–Crippen LogP) is 2.77. The Bertz CT molecular complexity index is 478. The van der Waals surface area contributed by atoms with Gasteiger partial charge in [0.1, 0.15) is 0 Å². The van der Waals surface area contributed by atoms with Crippen molar-refractivity contribution in [3.05, 3.63) is 28.2 Å². The fourth-order valence-corrected chi connectivity index (χ4v) is 3.02. The fraction of sp³-hybridized carbons (Fsp3) is 0.533. The molecule has 0 atom stereocenters. The molecule has 21 heavy (non-hydrogen) atoms. The number of benzene rings is 1. The molecule has 1 aromatic rings. The van der Waals surface area contributed by atoms with Crippen LogP contribution in [0.15, 0.2) is 22.7 Å². The van der Waals surface area contributed by atoms with Crippen LogP contribution in [-0.2, 0) is 4.74 Å². The summed E-state index contributed by atoms with van der Waals surface area (Å²) in [5.41, 5.74) is 2.21. The van der Waals surface area contributed by atoms with Crippen molar-refractivity contribution in [3.63, 3.8) is 0 Å². The Morgan fingerprint density at radius 1 is 1.38 bits per heavy atom. The van der Waals surface area contributed by atoms with Crippen molar-refractivity contribution < 1.29 is 4.74 Å². The van der Waals surface area contributed by atoms with E-state index in [1.54, 1.807) is 0 Å². The molecule has 1 heterocycles. The molecule has 0 unspecified atom stereocenters. The van der Waals surface area contributed by atoms with Crippen molar-refractivity contribution in [2.24, 2.45) is 0 Å². The summed E-state index contributed by atoms with van der Waals surface area (Å²) in [5, 5.41) is 7.14. The van der Waals surface area contributed by atoms with Gasteiger partial charge in [-0.25, -0.2) is 0 Å². The van der Waals surface area contributed by atoms with Gasteiger partial charge in [0.25, 0.3) is 0 Å². The maximum absolute atomic E-state index is 5.34. The van der Waals surface area contributed by atoms with Crippen LogP contribution in [0.1, 0.15) is 12.0 Å². The highest BCUT2D eigenvalue weighted by atomic mass is 79.9. The van der Waals surface area contributed by atoms with Crippen molar-refractivity contribution in [2.45, 2.75) is 13.3 Å². The number of halogens is 1. The maximum Gasteiger partial charge on any atom is 0.170 e. The smallest absolute Gasteiger partial charge is 0.170 e. The first-order valence-corrected chi connectivity index (χ1v) is 8.46. The Morgan fingerprint density at radius 3 is 2.86 bits per heavy atom. The van der Waals surface area contributed by atoms with Gasteiger partial charge in [0.15, 0.2) is 5.11 Å². The summed E-state index contributed by atoms with van der Waals surface area (Å²) in [6, 6.07) is 6.17. The second kappa shape index (κ2) is 8.68. The Kier molecular flexibility index (Phi) is 6.89. The molecule has 1 aromatic carbocycles. The van der Waals surface area contributed by atoms with Crippen LogP contribution in [0.3, 0.4) is 0 Å². The number of aryl methyl sites for hydroxylation is 1. The molecule has 0 spiro atoms. The molecule has 0 aliphatic carbocycles. The normalized spacial score (nSPS) is 15.7. The third-order valence-corrected chi connectivity index (χ3v) is 4.32. The third kappa shape index (κ3) is 5.90. The summed E-state index contributed by atoms with van der Waals surface area (Å²) >= 11 is 8.86. The zero-order valence-corrected chi connectivity index (χ0v) is 14.7. The van der Waals surface area contributed by atoms with Crippen LogP contribution in [0, 0.1) is 6.92 Å². The molecule has 1 saturated heterocycles. The molecule has 116 valence electrons. The maximum atomic E-state index is 5.34. The number of nitrogens with zero attached hydrogens (tertiary/aromatic N) is 1. The quantitative estimate of drug-likeness (QED) is 0.614. The third-order valence-electron chi connectivity index (χ3n) is 3.41. The molecule has 0 bridgehead atoms. The second-order valence-corrected chi connectivity index (χ2v) is 6.43. The lowest BCUT2D eigenvalue weighted by Gasteiger charge is -2.26. The van der Waals surface area contributed by atoms with E-state index >= 15 is 0 Å². The van der Waals surface area contributed by atoms with Gasteiger partial charge in [-0.2, -0.15) is 0 Å². The van der Waals surface area contributed by atoms with Crippen LogP contribution in [0.5, 0.6) is 0 Å². The van der Waals surface area contributed by atoms with Gasteiger partial charge in [0, 0.05) is 24.1 Å². The minimum atomic E-state index is 0.668. The van der Waals surface area contributed by atoms with E-state index < -0.39 is 0 Å². The average Bonchev–Trinajstić information content (AvgIpc) is 2.48. The van der Waals surface area contributed by atoms with Crippen molar-refractivity contribution >= 4 is 38.9 Å². The molecule has 2 N–H and O–H groups in total. The fourth-order valence-electron chi connectivity index (χ4n) is 2.22. The van der Waals surface area contributed by atoms with Crippen LogP contribution in [0.4, 0.5) is 5.69 Å². The Morgan fingerprint density at radius 2 is 2.14 bits per heavy atom. The monoisotopic (exact) mass is 371 g/mol. The molecule has 0 saturated carbocycles. The number of nitrogens with one attached hydrogen (secondary N) is 2. The predicted molar refractivity (Wildman–Crippen MR) is 95.0 cm³/mol. The van der Waals surface area contributed by atoms with E-state index in [0.29, 0.717) is 5.11 Å². The zero-order valence-electron chi connectivity index (χ0n) is 12.3. The number of morpholine rings is 1. The number of thiocarbonyl (C=S) groups is 1. The van der Waals surface area contributed by atoms with Crippen LogP contribution in [-0.4, -0.2) is 49.4 Å². The minimum absolute atomic E-state index is 0.668. The molecule has 4 nitrogen and oxygen atoms in total. The largest absolute Gasteiger partial charge is 0.379 e. The summed E-state index contributed by atoms with van der Waals surface area (Å²) in [6.45, 7) is 7.83. The van der Waals surface area contributed by atoms with Crippen LogP contribution >= 0.6 is 28.1 Å². The number of anilines is 1. The van der Waals surface area contributed by atoms with E-state index in [9.17, 15) is 0 Å². The molecule has 6 heteroatoms.